The highest BCUT2D eigenvalue weighted by Crippen LogP contribution is 2.25. The highest BCUT2D eigenvalue weighted by atomic mass is 19.1. The zero-order valence-electron chi connectivity index (χ0n) is 16.8. The largest absolute Gasteiger partial charge is 0.368 e. The van der Waals surface area contributed by atoms with E-state index in [0.717, 1.165) is 18.4 Å². The predicted octanol–water partition coefficient (Wildman–Crippen LogP) is 2.83. The molecule has 0 spiro atoms. The van der Waals surface area contributed by atoms with Crippen LogP contribution in [0.4, 0.5) is 10.1 Å². The van der Waals surface area contributed by atoms with Gasteiger partial charge in [-0.25, -0.2) is 4.39 Å². The number of carbonyl (C=O) groups is 2. The van der Waals surface area contributed by atoms with Crippen molar-refractivity contribution in [2.75, 3.05) is 38.1 Å². The molecule has 2 aromatic rings. The maximum Gasteiger partial charge on any atom is 0.251 e. The number of hydrogen-bond acceptors (Lipinski definition) is 4. The third-order valence-electron chi connectivity index (χ3n) is 5.67. The van der Waals surface area contributed by atoms with Crippen molar-refractivity contribution < 1.29 is 18.7 Å². The maximum atomic E-state index is 13.2. The molecule has 0 bridgehead atoms. The predicted molar refractivity (Wildman–Crippen MR) is 111 cm³/mol. The van der Waals surface area contributed by atoms with Crippen LogP contribution in [-0.2, 0) is 14.3 Å². The van der Waals surface area contributed by atoms with Gasteiger partial charge in [0, 0.05) is 38.5 Å². The fourth-order valence-corrected chi connectivity index (χ4v) is 4.08. The summed E-state index contributed by atoms with van der Waals surface area (Å²) in [6.45, 7) is 2.96. The summed E-state index contributed by atoms with van der Waals surface area (Å²) in [5.74, 6) is -0.467. The Morgan fingerprint density at radius 1 is 1.00 bits per heavy atom. The molecule has 2 amide bonds. The van der Waals surface area contributed by atoms with Crippen molar-refractivity contribution in [1.82, 2.24) is 9.80 Å². The van der Waals surface area contributed by atoms with Gasteiger partial charge in [-0.05, 0) is 42.7 Å². The summed E-state index contributed by atoms with van der Waals surface area (Å²) in [4.78, 5) is 29.7. The summed E-state index contributed by atoms with van der Waals surface area (Å²) in [5.41, 5.74) is 1.44. The summed E-state index contributed by atoms with van der Waals surface area (Å²) in [7, 11) is 0. The molecule has 6 nitrogen and oxygen atoms in total. The van der Waals surface area contributed by atoms with Crippen molar-refractivity contribution >= 4 is 17.5 Å². The number of nitrogens with zero attached hydrogens (tertiary/aromatic N) is 2. The van der Waals surface area contributed by atoms with E-state index in [2.05, 4.69) is 10.2 Å². The minimum Gasteiger partial charge on any atom is -0.368 e. The average Bonchev–Trinajstić information content (AvgIpc) is 3.31. The summed E-state index contributed by atoms with van der Waals surface area (Å²) in [6.07, 6.45) is 1.39. The third-order valence-corrected chi connectivity index (χ3v) is 5.67. The number of benzene rings is 2. The van der Waals surface area contributed by atoms with Crippen LogP contribution < -0.4 is 5.32 Å². The molecule has 4 rings (SSSR count). The molecule has 0 saturated carbocycles. The molecule has 2 aromatic carbocycles. The van der Waals surface area contributed by atoms with Crippen LogP contribution in [0.3, 0.4) is 0 Å². The van der Waals surface area contributed by atoms with Gasteiger partial charge < -0.3 is 15.0 Å². The van der Waals surface area contributed by atoms with Crippen LogP contribution in [0.2, 0.25) is 0 Å². The SMILES string of the molecule is O=C(Nc1ccc(F)cc1)C(c1ccccc1)N1CCN(C(=O)C2CCCO2)CC1. The number of halogens is 1. The second-order valence-electron chi connectivity index (χ2n) is 7.67. The summed E-state index contributed by atoms with van der Waals surface area (Å²) in [5, 5.41) is 2.90. The van der Waals surface area contributed by atoms with Crippen molar-refractivity contribution in [3.05, 3.63) is 66.0 Å². The highest BCUT2D eigenvalue weighted by Gasteiger charge is 2.34. The van der Waals surface area contributed by atoms with Gasteiger partial charge in [-0.1, -0.05) is 30.3 Å². The van der Waals surface area contributed by atoms with Gasteiger partial charge in [0.2, 0.25) is 5.91 Å². The van der Waals surface area contributed by atoms with Gasteiger partial charge in [0.15, 0.2) is 0 Å². The molecule has 2 aliphatic heterocycles. The minimum absolute atomic E-state index is 0.0548. The lowest BCUT2D eigenvalue weighted by molar-refractivity contribution is -0.143. The lowest BCUT2D eigenvalue weighted by atomic mass is 10.0. The van der Waals surface area contributed by atoms with Crippen molar-refractivity contribution in [2.45, 2.75) is 25.0 Å². The smallest absolute Gasteiger partial charge is 0.251 e. The van der Waals surface area contributed by atoms with E-state index >= 15 is 0 Å². The van der Waals surface area contributed by atoms with Crippen molar-refractivity contribution in [3.63, 3.8) is 0 Å². The van der Waals surface area contributed by atoms with Gasteiger partial charge in [-0.2, -0.15) is 0 Å². The number of carbonyl (C=O) groups excluding carboxylic acids is 2. The molecule has 2 atom stereocenters. The van der Waals surface area contributed by atoms with Crippen molar-refractivity contribution in [2.24, 2.45) is 0 Å². The van der Waals surface area contributed by atoms with E-state index in [-0.39, 0.29) is 23.7 Å². The first kappa shape index (κ1) is 20.5. The van der Waals surface area contributed by atoms with E-state index in [9.17, 15) is 14.0 Å². The molecule has 0 aromatic heterocycles. The van der Waals surface area contributed by atoms with Gasteiger partial charge in [-0.15, -0.1) is 0 Å². The number of amides is 2. The Hall–Kier alpha value is -2.77. The maximum absolute atomic E-state index is 13.2. The van der Waals surface area contributed by atoms with E-state index in [1.807, 2.05) is 35.2 Å². The van der Waals surface area contributed by atoms with E-state index in [1.54, 1.807) is 12.1 Å². The van der Waals surface area contributed by atoms with Crippen LogP contribution in [0.15, 0.2) is 54.6 Å². The second kappa shape index (κ2) is 9.36. The molecule has 0 radical (unpaired) electrons. The number of ether oxygens (including phenoxy) is 1. The van der Waals surface area contributed by atoms with Crippen LogP contribution in [0.25, 0.3) is 0 Å². The van der Waals surface area contributed by atoms with E-state index in [1.165, 1.54) is 12.1 Å². The third kappa shape index (κ3) is 4.68. The van der Waals surface area contributed by atoms with E-state index < -0.39 is 6.04 Å². The quantitative estimate of drug-likeness (QED) is 0.822. The van der Waals surface area contributed by atoms with Gasteiger partial charge >= 0.3 is 0 Å². The molecular weight excluding hydrogens is 385 g/mol. The minimum atomic E-state index is -0.490. The fourth-order valence-electron chi connectivity index (χ4n) is 4.08. The lowest BCUT2D eigenvalue weighted by Crippen LogP contribution is -2.53. The Bertz CT molecular complexity index is 861. The molecule has 2 aliphatic rings. The Balaban J connectivity index is 1.46. The molecule has 30 heavy (non-hydrogen) atoms. The summed E-state index contributed by atoms with van der Waals surface area (Å²) in [6, 6.07) is 14.8. The van der Waals surface area contributed by atoms with E-state index in [4.69, 9.17) is 4.74 Å². The van der Waals surface area contributed by atoms with E-state index in [0.29, 0.717) is 38.5 Å². The van der Waals surface area contributed by atoms with Crippen LogP contribution in [0, 0.1) is 5.82 Å². The Morgan fingerprint density at radius 2 is 1.70 bits per heavy atom. The number of rotatable bonds is 5. The van der Waals surface area contributed by atoms with Gasteiger partial charge in [0.05, 0.1) is 0 Å². The van der Waals surface area contributed by atoms with Crippen LogP contribution in [-0.4, -0.2) is 60.5 Å². The van der Waals surface area contributed by atoms with Gasteiger partial charge in [0.1, 0.15) is 18.0 Å². The first-order chi connectivity index (χ1) is 14.6. The fraction of sp³-hybridized carbons (Fsp3) is 0.391. The Morgan fingerprint density at radius 3 is 2.33 bits per heavy atom. The molecule has 158 valence electrons. The summed E-state index contributed by atoms with van der Waals surface area (Å²) >= 11 is 0. The molecule has 2 unspecified atom stereocenters. The molecule has 0 aliphatic carbocycles. The Labute approximate surface area is 175 Å². The molecular formula is C23H26FN3O3. The summed E-state index contributed by atoms with van der Waals surface area (Å²) < 4.78 is 18.7. The van der Waals surface area contributed by atoms with Gasteiger partial charge in [0.25, 0.3) is 5.91 Å². The first-order valence-corrected chi connectivity index (χ1v) is 10.4. The van der Waals surface area contributed by atoms with Crippen molar-refractivity contribution in [1.29, 1.82) is 0 Å². The number of nitrogens with one attached hydrogen (secondary N) is 1. The number of anilines is 1. The monoisotopic (exact) mass is 411 g/mol. The number of piperazine rings is 1. The van der Waals surface area contributed by atoms with Crippen molar-refractivity contribution in [3.8, 4) is 0 Å². The first-order valence-electron chi connectivity index (χ1n) is 10.4. The zero-order valence-corrected chi connectivity index (χ0v) is 16.8. The molecule has 2 fully saturated rings. The normalized spacial score (nSPS) is 20.7. The Kier molecular flexibility index (Phi) is 6.40. The van der Waals surface area contributed by atoms with Crippen LogP contribution in [0.5, 0.6) is 0 Å². The van der Waals surface area contributed by atoms with Crippen LogP contribution >= 0.6 is 0 Å². The average molecular weight is 411 g/mol. The van der Waals surface area contributed by atoms with Crippen LogP contribution in [0.1, 0.15) is 24.4 Å². The standard InChI is InChI=1S/C23H26FN3O3/c24-18-8-10-19(11-9-18)25-22(28)21(17-5-2-1-3-6-17)26-12-14-27(15-13-26)23(29)20-7-4-16-30-20/h1-3,5-6,8-11,20-21H,4,7,12-16H2,(H,25,28). The molecule has 7 heteroatoms. The van der Waals surface area contributed by atoms with Gasteiger partial charge in [-0.3, -0.25) is 14.5 Å². The lowest BCUT2D eigenvalue weighted by Gasteiger charge is -2.39. The molecule has 1 N–H and O–H groups in total. The highest BCUT2D eigenvalue weighted by molar-refractivity contribution is 5.95. The topological polar surface area (TPSA) is 61.9 Å². The number of hydrogen-bond donors (Lipinski definition) is 1. The molecule has 2 heterocycles. The second-order valence-corrected chi connectivity index (χ2v) is 7.67. The molecule has 2 saturated heterocycles. The zero-order chi connectivity index (χ0) is 20.9.